The molecule has 0 bridgehead atoms. The van der Waals surface area contributed by atoms with Crippen LogP contribution in [-0.4, -0.2) is 4.98 Å². The van der Waals surface area contributed by atoms with E-state index in [9.17, 15) is 0 Å². The minimum absolute atomic E-state index is 0.576. The quantitative estimate of drug-likeness (QED) is 0.498. The van der Waals surface area contributed by atoms with Gasteiger partial charge in [-0.1, -0.05) is 54.6 Å². The highest BCUT2D eigenvalue weighted by molar-refractivity contribution is 5.94. The second kappa shape index (κ2) is 6.55. The van der Waals surface area contributed by atoms with Gasteiger partial charge >= 0.3 is 0 Å². The number of pyridine rings is 1. The Hall–Kier alpha value is -3.13. The summed E-state index contributed by atoms with van der Waals surface area (Å²) in [6.07, 6.45) is 1.86. The van der Waals surface area contributed by atoms with Gasteiger partial charge in [-0.25, -0.2) is 0 Å². The molecule has 1 heterocycles. The molecular weight excluding hydrogens is 294 g/mol. The first kappa shape index (κ1) is 14.5. The molecule has 0 amide bonds. The van der Waals surface area contributed by atoms with Gasteiger partial charge in [0.25, 0.3) is 0 Å². The summed E-state index contributed by atoms with van der Waals surface area (Å²) in [6.45, 7) is 0.576. The van der Waals surface area contributed by atoms with Gasteiger partial charge in [0.1, 0.15) is 12.4 Å². The third-order valence-electron chi connectivity index (χ3n) is 4.05. The number of fused-ring (bicyclic) bond motifs is 1. The predicted octanol–water partition coefficient (Wildman–Crippen LogP) is 5.48. The number of hydrogen-bond acceptors (Lipinski definition) is 2. The van der Waals surface area contributed by atoms with Crippen molar-refractivity contribution in [3.05, 3.63) is 96.7 Å². The van der Waals surface area contributed by atoms with Gasteiger partial charge in [0.2, 0.25) is 0 Å². The molecule has 2 heteroatoms. The minimum atomic E-state index is 0.576. The molecule has 4 aromatic rings. The van der Waals surface area contributed by atoms with E-state index < -0.39 is 0 Å². The summed E-state index contributed by atoms with van der Waals surface area (Å²) in [7, 11) is 0. The third-order valence-corrected chi connectivity index (χ3v) is 4.05. The van der Waals surface area contributed by atoms with Crippen molar-refractivity contribution in [1.29, 1.82) is 0 Å². The molecule has 0 saturated heterocycles. The maximum absolute atomic E-state index is 5.85. The highest BCUT2D eigenvalue weighted by Crippen LogP contribution is 2.27. The van der Waals surface area contributed by atoms with E-state index in [4.69, 9.17) is 4.74 Å². The largest absolute Gasteiger partial charge is 0.489 e. The molecule has 0 unspecified atom stereocenters. The highest BCUT2D eigenvalue weighted by atomic mass is 16.5. The molecule has 3 aromatic carbocycles. The number of rotatable bonds is 4. The van der Waals surface area contributed by atoms with Crippen LogP contribution < -0.4 is 4.74 Å². The standard InChI is InChI=1S/C22H17NO/c1-2-6-17(7-3-1)16-24-20-12-10-19(11-13-20)22-21-9-5-4-8-18(21)14-15-23-22/h1-15H,16H2. The molecule has 0 saturated carbocycles. The van der Waals surface area contributed by atoms with Crippen molar-refractivity contribution in [1.82, 2.24) is 4.98 Å². The monoisotopic (exact) mass is 311 g/mol. The van der Waals surface area contributed by atoms with Crippen molar-refractivity contribution in [3.8, 4) is 17.0 Å². The molecule has 4 rings (SSSR count). The van der Waals surface area contributed by atoms with Crippen LogP contribution in [0.3, 0.4) is 0 Å². The molecule has 1 aromatic heterocycles. The van der Waals surface area contributed by atoms with Crippen LogP contribution in [0.5, 0.6) is 5.75 Å². The molecule has 2 nitrogen and oxygen atoms in total. The number of hydrogen-bond donors (Lipinski definition) is 0. The molecule has 0 atom stereocenters. The Labute approximate surface area is 141 Å². The van der Waals surface area contributed by atoms with Gasteiger partial charge in [0, 0.05) is 17.1 Å². The van der Waals surface area contributed by atoms with Crippen molar-refractivity contribution in [2.75, 3.05) is 0 Å². The smallest absolute Gasteiger partial charge is 0.119 e. The van der Waals surface area contributed by atoms with E-state index in [0.29, 0.717) is 6.61 Å². The molecule has 0 spiro atoms. The summed E-state index contributed by atoms with van der Waals surface area (Å²) in [5.41, 5.74) is 3.26. The van der Waals surface area contributed by atoms with Crippen LogP contribution in [0.25, 0.3) is 22.0 Å². The van der Waals surface area contributed by atoms with E-state index in [1.54, 1.807) is 0 Å². The van der Waals surface area contributed by atoms with Crippen LogP contribution in [0.1, 0.15) is 5.56 Å². The predicted molar refractivity (Wildman–Crippen MR) is 98.0 cm³/mol. The van der Waals surface area contributed by atoms with Gasteiger partial charge in [-0.3, -0.25) is 4.98 Å². The Balaban J connectivity index is 1.57. The maximum Gasteiger partial charge on any atom is 0.119 e. The minimum Gasteiger partial charge on any atom is -0.489 e. The van der Waals surface area contributed by atoms with Gasteiger partial charge in [0.15, 0.2) is 0 Å². The second-order valence-corrected chi connectivity index (χ2v) is 5.68. The van der Waals surface area contributed by atoms with Crippen LogP contribution in [0.15, 0.2) is 91.1 Å². The fourth-order valence-electron chi connectivity index (χ4n) is 2.80. The van der Waals surface area contributed by atoms with Crippen LogP contribution in [0.2, 0.25) is 0 Å². The van der Waals surface area contributed by atoms with Gasteiger partial charge in [-0.2, -0.15) is 0 Å². The molecule has 0 N–H and O–H groups in total. The summed E-state index contributed by atoms with van der Waals surface area (Å²) in [5, 5.41) is 2.37. The number of ether oxygens (including phenoxy) is 1. The molecule has 116 valence electrons. The van der Waals surface area contributed by atoms with Crippen LogP contribution in [-0.2, 0) is 6.61 Å². The Kier molecular flexibility index (Phi) is 3.95. The lowest BCUT2D eigenvalue weighted by Crippen LogP contribution is -1.94. The average Bonchev–Trinajstić information content (AvgIpc) is 2.67. The summed E-state index contributed by atoms with van der Waals surface area (Å²) in [4.78, 5) is 4.56. The van der Waals surface area contributed by atoms with Gasteiger partial charge < -0.3 is 4.74 Å². The van der Waals surface area contributed by atoms with Crippen molar-refractivity contribution < 1.29 is 4.74 Å². The summed E-state index contributed by atoms with van der Waals surface area (Å²) < 4.78 is 5.85. The lowest BCUT2D eigenvalue weighted by atomic mass is 10.0. The second-order valence-electron chi connectivity index (χ2n) is 5.68. The zero-order chi connectivity index (χ0) is 16.2. The van der Waals surface area contributed by atoms with Crippen molar-refractivity contribution in [2.24, 2.45) is 0 Å². The molecular formula is C22H17NO. The zero-order valence-corrected chi connectivity index (χ0v) is 13.2. The Bertz CT molecular complexity index is 941. The molecule has 24 heavy (non-hydrogen) atoms. The van der Waals surface area contributed by atoms with E-state index in [1.807, 2.05) is 54.7 Å². The zero-order valence-electron chi connectivity index (χ0n) is 13.2. The first-order valence-corrected chi connectivity index (χ1v) is 8.01. The van der Waals surface area contributed by atoms with Gasteiger partial charge in [-0.15, -0.1) is 0 Å². The van der Waals surface area contributed by atoms with Gasteiger partial charge in [-0.05, 0) is 41.3 Å². The molecule has 0 aliphatic rings. The lowest BCUT2D eigenvalue weighted by molar-refractivity contribution is 0.306. The van der Waals surface area contributed by atoms with Gasteiger partial charge in [0.05, 0.1) is 5.69 Å². The van der Waals surface area contributed by atoms with E-state index in [0.717, 1.165) is 28.0 Å². The number of benzene rings is 3. The maximum atomic E-state index is 5.85. The number of nitrogens with zero attached hydrogens (tertiary/aromatic N) is 1. The lowest BCUT2D eigenvalue weighted by Gasteiger charge is -2.09. The van der Waals surface area contributed by atoms with Crippen molar-refractivity contribution in [2.45, 2.75) is 6.61 Å². The van der Waals surface area contributed by atoms with E-state index in [1.165, 1.54) is 5.39 Å². The normalized spacial score (nSPS) is 10.7. The van der Waals surface area contributed by atoms with Crippen LogP contribution >= 0.6 is 0 Å². The molecule has 0 radical (unpaired) electrons. The van der Waals surface area contributed by atoms with E-state index >= 15 is 0 Å². The van der Waals surface area contributed by atoms with Crippen LogP contribution in [0, 0.1) is 0 Å². The molecule has 0 aliphatic carbocycles. The molecule has 0 fully saturated rings. The van der Waals surface area contributed by atoms with E-state index in [-0.39, 0.29) is 0 Å². The number of aromatic nitrogens is 1. The first-order chi connectivity index (χ1) is 11.9. The van der Waals surface area contributed by atoms with E-state index in [2.05, 4.69) is 41.4 Å². The van der Waals surface area contributed by atoms with Crippen molar-refractivity contribution >= 4 is 10.8 Å². The summed E-state index contributed by atoms with van der Waals surface area (Å²) in [5.74, 6) is 0.864. The fraction of sp³-hybridized carbons (Fsp3) is 0.0455. The first-order valence-electron chi connectivity index (χ1n) is 8.01. The third kappa shape index (κ3) is 2.99. The Morgan fingerprint density at radius 2 is 1.46 bits per heavy atom. The Morgan fingerprint density at radius 3 is 2.29 bits per heavy atom. The summed E-state index contributed by atoms with van der Waals surface area (Å²) in [6, 6.07) is 28.7. The topological polar surface area (TPSA) is 22.1 Å². The summed E-state index contributed by atoms with van der Waals surface area (Å²) >= 11 is 0. The van der Waals surface area contributed by atoms with Crippen molar-refractivity contribution in [3.63, 3.8) is 0 Å². The molecule has 0 aliphatic heterocycles. The highest BCUT2D eigenvalue weighted by Gasteiger charge is 2.05. The van der Waals surface area contributed by atoms with Crippen LogP contribution in [0.4, 0.5) is 0 Å². The average molecular weight is 311 g/mol. The Morgan fingerprint density at radius 1 is 0.708 bits per heavy atom. The SMILES string of the molecule is c1ccc(COc2ccc(-c3nccc4ccccc34)cc2)cc1. The fourth-order valence-corrected chi connectivity index (χ4v) is 2.80.